The van der Waals surface area contributed by atoms with Crippen molar-refractivity contribution >= 4 is 22.8 Å². The van der Waals surface area contributed by atoms with E-state index in [9.17, 15) is 4.79 Å². The summed E-state index contributed by atoms with van der Waals surface area (Å²) in [7, 11) is 1.86. The number of aromatic nitrogens is 5. The summed E-state index contributed by atoms with van der Waals surface area (Å²) in [6, 6.07) is 19.9. The number of hydrogen-bond acceptors (Lipinski definition) is 5. The van der Waals surface area contributed by atoms with Gasteiger partial charge in [0.2, 0.25) is 0 Å². The van der Waals surface area contributed by atoms with Gasteiger partial charge in [0.05, 0.1) is 22.8 Å². The van der Waals surface area contributed by atoms with Crippen LogP contribution >= 0.6 is 0 Å². The number of hydrogen-bond donors (Lipinski definition) is 2. The highest BCUT2D eigenvalue weighted by atomic mass is 16.1. The minimum atomic E-state index is -0.137. The van der Waals surface area contributed by atoms with Crippen LogP contribution in [0.3, 0.4) is 0 Å². The Labute approximate surface area is 190 Å². The summed E-state index contributed by atoms with van der Waals surface area (Å²) in [5.41, 5.74) is 11.2. The second kappa shape index (κ2) is 8.58. The predicted octanol–water partition coefficient (Wildman–Crippen LogP) is 3.26. The molecule has 0 saturated heterocycles. The number of nitrogens with zero attached hydrogens (tertiary/aromatic N) is 5. The molecule has 33 heavy (non-hydrogen) atoms. The van der Waals surface area contributed by atoms with Crippen molar-refractivity contribution in [1.29, 1.82) is 0 Å². The van der Waals surface area contributed by atoms with E-state index >= 15 is 0 Å². The molecule has 3 aromatic heterocycles. The Hall–Kier alpha value is -4.46. The van der Waals surface area contributed by atoms with Gasteiger partial charge < -0.3 is 15.6 Å². The van der Waals surface area contributed by atoms with Gasteiger partial charge in [-0.3, -0.25) is 9.48 Å². The maximum absolute atomic E-state index is 12.9. The average Bonchev–Trinajstić information content (AvgIpc) is 3.43. The van der Waals surface area contributed by atoms with Crippen molar-refractivity contribution in [2.45, 2.75) is 13.0 Å². The fourth-order valence-electron chi connectivity index (χ4n) is 3.88. The van der Waals surface area contributed by atoms with E-state index in [0.717, 1.165) is 33.5 Å². The van der Waals surface area contributed by atoms with Crippen LogP contribution in [-0.4, -0.2) is 30.2 Å². The van der Waals surface area contributed by atoms with Crippen LogP contribution in [0.1, 0.15) is 27.2 Å². The Morgan fingerprint density at radius 1 is 1.00 bits per heavy atom. The highest BCUT2D eigenvalue weighted by Crippen LogP contribution is 2.22. The first-order valence-electron chi connectivity index (χ1n) is 10.6. The predicted molar refractivity (Wildman–Crippen MR) is 127 cm³/mol. The van der Waals surface area contributed by atoms with Crippen LogP contribution in [0.5, 0.6) is 0 Å². The number of benzene rings is 2. The normalized spacial score (nSPS) is 11.1. The maximum Gasteiger partial charge on any atom is 0.255 e. The molecule has 0 bridgehead atoms. The van der Waals surface area contributed by atoms with Gasteiger partial charge in [-0.25, -0.2) is 9.97 Å². The van der Waals surface area contributed by atoms with Gasteiger partial charge in [-0.2, -0.15) is 5.10 Å². The van der Waals surface area contributed by atoms with Crippen molar-refractivity contribution in [1.82, 2.24) is 29.6 Å². The second-order valence-corrected chi connectivity index (χ2v) is 7.82. The molecule has 3 N–H and O–H groups in total. The second-order valence-electron chi connectivity index (χ2n) is 7.82. The molecular weight excluding hydrogens is 414 g/mol. The number of carbonyl (C=O) groups excluding carboxylic acids is 1. The van der Waals surface area contributed by atoms with E-state index in [1.165, 1.54) is 6.33 Å². The van der Waals surface area contributed by atoms with Crippen LogP contribution in [0, 0.1) is 0 Å². The third-order valence-electron chi connectivity index (χ3n) is 5.70. The van der Waals surface area contributed by atoms with Crippen molar-refractivity contribution < 1.29 is 4.79 Å². The molecule has 0 unspecified atom stereocenters. The minimum Gasteiger partial charge on any atom is -0.383 e. The third kappa shape index (κ3) is 4.06. The number of nitrogen functional groups attached to an aromatic ring is 1. The third-order valence-corrected chi connectivity index (χ3v) is 5.70. The van der Waals surface area contributed by atoms with Crippen molar-refractivity contribution in [3.05, 3.63) is 102 Å². The van der Waals surface area contributed by atoms with Gasteiger partial charge in [-0.1, -0.05) is 42.5 Å². The molecule has 0 aliphatic carbocycles. The van der Waals surface area contributed by atoms with Crippen LogP contribution in [0.4, 0.5) is 5.82 Å². The molecule has 8 nitrogen and oxygen atoms in total. The summed E-state index contributed by atoms with van der Waals surface area (Å²) in [5, 5.41) is 8.12. The molecule has 1 amide bonds. The summed E-state index contributed by atoms with van der Waals surface area (Å²) in [6.45, 7) is 0.417. The van der Waals surface area contributed by atoms with Crippen molar-refractivity contribution in [2.75, 3.05) is 5.73 Å². The largest absolute Gasteiger partial charge is 0.383 e. The first-order valence-corrected chi connectivity index (χ1v) is 10.6. The highest BCUT2D eigenvalue weighted by Gasteiger charge is 2.16. The van der Waals surface area contributed by atoms with E-state index in [2.05, 4.69) is 20.4 Å². The van der Waals surface area contributed by atoms with E-state index < -0.39 is 0 Å². The van der Waals surface area contributed by atoms with Crippen LogP contribution in [0.25, 0.3) is 16.7 Å². The van der Waals surface area contributed by atoms with Gasteiger partial charge in [0.1, 0.15) is 17.8 Å². The van der Waals surface area contributed by atoms with Gasteiger partial charge in [0.25, 0.3) is 5.91 Å². The number of anilines is 1. The SMILES string of the molecule is Cn1ncc(C(=O)NCc2ccc(-n3ccc4c(N)ncnc43)cc2)c1Cc1ccccc1. The number of amides is 1. The molecule has 164 valence electrons. The van der Waals surface area contributed by atoms with E-state index in [1.807, 2.05) is 78.5 Å². The van der Waals surface area contributed by atoms with Crippen molar-refractivity contribution in [3.63, 3.8) is 0 Å². The molecule has 5 rings (SSSR count). The molecule has 0 saturated carbocycles. The minimum absolute atomic E-state index is 0.137. The van der Waals surface area contributed by atoms with Crippen LogP contribution in [0.2, 0.25) is 0 Å². The monoisotopic (exact) mass is 437 g/mol. The fraction of sp³-hybridized carbons (Fsp3) is 0.120. The number of carbonyl (C=O) groups is 1. The molecule has 0 radical (unpaired) electrons. The summed E-state index contributed by atoms with van der Waals surface area (Å²) in [6.07, 6.45) is 5.65. The summed E-state index contributed by atoms with van der Waals surface area (Å²) >= 11 is 0. The smallest absolute Gasteiger partial charge is 0.255 e. The standard InChI is InChI=1S/C25H23N7O/c1-31-22(13-17-5-3-2-4-6-17)21(15-30-31)25(33)27-14-18-7-9-19(10-8-18)32-12-11-20-23(26)28-16-29-24(20)32/h2-12,15-16H,13-14H2,1H3,(H,27,33)(H2,26,28,29). The summed E-state index contributed by atoms with van der Waals surface area (Å²) < 4.78 is 3.72. The lowest BCUT2D eigenvalue weighted by atomic mass is 10.1. The lowest BCUT2D eigenvalue weighted by Gasteiger charge is -2.09. The number of rotatable bonds is 6. The summed E-state index contributed by atoms with van der Waals surface area (Å²) in [5.74, 6) is 0.321. The quantitative estimate of drug-likeness (QED) is 0.424. The van der Waals surface area contributed by atoms with Crippen LogP contribution in [-0.2, 0) is 20.0 Å². The van der Waals surface area contributed by atoms with E-state index in [-0.39, 0.29) is 5.91 Å². The van der Waals surface area contributed by atoms with Gasteiger partial charge in [0.15, 0.2) is 0 Å². The van der Waals surface area contributed by atoms with Crippen molar-refractivity contribution in [2.24, 2.45) is 7.05 Å². The van der Waals surface area contributed by atoms with E-state index in [1.54, 1.807) is 10.9 Å². The first-order chi connectivity index (χ1) is 16.1. The molecule has 5 aromatic rings. The zero-order valence-corrected chi connectivity index (χ0v) is 18.1. The van der Waals surface area contributed by atoms with Crippen LogP contribution < -0.4 is 11.1 Å². The molecule has 0 aliphatic rings. The summed E-state index contributed by atoms with van der Waals surface area (Å²) in [4.78, 5) is 21.3. The zero-order chi connectivity index (χ0) is 22.8. The Bertz CT molecular complexity index is 1420. The highest BCUT2D eigenvalue weighted by molar-refractivity contribution is 5.95. The Morgan fingerprint density at radius 2 is 1.79 bits per heavy atom. The molecule has 0 fully saturated rings. The van der Waals surface area contributed by atoms with E-state index in [4.69, 9.17) is 5.73 Å². The Morgan fingerprint density at radius 3 is 2.58 bits per heavy atom. The van der Waals surface area contributed by atoms with Gasteiger partial charge in [-0.15, -0.1) is 0 Å². The average molecular weight is 438 g/mol. The molecule has 0 aliphatic heterocycles. The molecular formula is C25H23N7O. The van der Waals surface area contributed by atoms with Crippen LogP contribution in [0.15, 0.2) is 79.4 Å². The Kier molecular flexibility index (Phi) is 5.32. The Balaban J connectivity index is 1.28. The molecule has 0 spiro atoms. The topological polar surface area (TPSA) is 104 Å². The number of nitrogens with one attached hydrogen (secondary N) is 1. The molecule has 3 heterocycles. The lowest BCUT2D eigenvalue weighted by Crippen LogP contribution is -2.24. The number of fused-ring (bicyclic) bond motifs is 1. The zero-order valence-electron chi connectivity index (χ0n) is 18.1. The van der Waals surface area contributed by atoms with E-state index in [0.29, 0.717) is 24.3 Å². The number of nitrogens with two attached hydrogens (primary N) is 1. The molecule has 0 atom stereocenters. The maximum atomic E-state index is 12.9. The first kappa shape index (κ1) is 20.4. The molecule has 2 aromatic carbocycles. The fourth-order valence-corrected chi connectivity index (χ4v) is 3.88. The number of aryl methyl sites for hydroxylation is 1. The van der Waals surface area contributed by atoms with Gasteiger partial charge in [-0.05, 0) is 29.3 Å². The molecule has 8 heteroatoms. The van der Waals surface area contributed by atoms with Gasteiger partial charge in [0, 0.05) is 31.9 Å². The van der Waals surface area contributed by atoms with Gasteiger partial charge >= 0.3 is 0 Å². The lowest BCUT2D eigenvalue weighted by molar-refractivity contribution is 0.0950. The van der Waals surface area contributed by atoms with Crippen molar-refractivity contribution in [3.8, 4) is 5.69 Å².